The van der Waals surface area contributed by atoms with Crippen molar-refractivity contribution in [3.8, 4) is 0 Å². The molecule has 112 valence electrons. The average Bonchev–Trinajstić information content (AvgIpc) is 2.45. The Kier molecular flexibility index (Phi) is 6.34. The predicted molar refractivity (Wildman–Crippen MR) is 90.2 cm³/mol. The molecular formula is C16H24BrClN2. The summed E-state index contributed by atoms with van der Waals surface area (Å²) in [5, 5.41) is 0.780. The van der Waals surface area contributed by atoms with Crippen molar-refractivity contribution in [2.75, 3.05) is 19.6 Å². The van der Waals surface area contributed by atoms with E-state index in [1.165, 1.54) is 31.2 Å². The summed E-state index contributed by atoms with van der Waals surface area (Å²) in [6.45, 7) is 5.20. The van der Waals surface area contributed by atoms with Gasteiger partial charge >= 0.3 is 0 Å². The van der Waals surface area contributed by atoms with Crippen LogP contribution in [0.1, 0.15) is 44.2 Å². The molecule has 1 saturated heterocycles. The van der Waals surface area contributed by atoms with Crippen LogP contribution in [0.5, 0.6) is 0 Å². The molecule has 0 amide bonds. The van der Waals surface area contributed by atoms with Gasteiger partial charge in [-0.2, -0.15) is 0 Å². The standard InChI is InChI=1S/C16H24BrClN2/c1-2-3-12-6-8-20(9-7-12)16(11-19)14-10-13(18)4-5-15(14)17/h4-5,10,12,16H,2-3,6-9,11,19H2,1H3. The first-order valence-corrected chi connectivity index (χ1v) is 8.71. The molecule has 4 heteroatoms. The van der Waals surface area contributed by atoms with E-state index >= 15 is 0 Å². The summed E-state index contributed by atoms with van der Waals surface area (Å²) in [5.74, 6) is 0.900. The molecule has 1 aliphatic rings. The molecule has 1 atom stereocenters. The highest BCUT2D eigenvalue weighted by Crippen LogP contribution is 2.33. The number of hydrogen-bond donors (Lipinski definition) is 1. The maximum absolute atomic E-state index is 6.14. The van der Waals surface area contributed by atoms with Gasteiger partial charge in [0.25, 0.3) is 0 Å². The molecule has 0 aromatic heterocycles. The monoisotopic (exact) mass is 358 g/mol. The molecule has 20 heavy (non-hydrogen) atoms. The van der Waals surface area contributed by atoms with Crippen molar-refractivity contribution in [3.63, 3.8) is 0 Å². The second-order valence-corrected chi connectivity index (χ2v) is 6.98. The minimum Gasteiger partial charge on any atom is -0.329 e. The third-order valence-corrected chi connectivity index (χ3v) is 5.28. The van der Waals surface area contributed by atoms with Gasteiger partial charge in [-0.1, -0.05) is 47.3 Å². The molecule has 1 heterocycles. The van der Waals surface area contributed by atoms with Crippen LogP contribution in [0.25, 0.3) is 0 Å². The number of nitrogens with two attached hydrogens (primary N) is 1. The lowest BCUT2D eigenvalue weighted by Crippen LogP contribution is -2.40. The van der Waals surface area contributed by atoms with E-state index in [1.807, 2.05) is 18.2 Å². The highest BCUT2D eigenvalue weighted by molar-refractivity contribution is 9.10. The fraction of sp³-hybridized carbons (Fsp3) is 0.625. The summed E-state index contributed by atoms with van der Waals surface area (Å²) in [6, 6.07) is 6.24. The second-order valence-electron chi connectivity index (χ2n) is 5.69. The zero-order chi connectivity index (χ0) is 14.5. The number of nitrogens with zero attached hydrogens (tertiary/aromatic N) is 1. The van der Waals surface area contributed by atoms with Crippen LogP contribution in [0, 0.1) is 5.92 Å². The van der Waals surface area contributed by atoms with E-state index < -0.39 is 0 Å². The van der Waals surface area contributed by atoms with Gasteiger partial charge < -0.3 is 5.73 Å². The van der Waals surface area contributed by atoms with E-state index in [0.717, 1.165) is 28.5 Å². The van der Waals surface area contributed by atoms with E-state index in [0.29, 0.717) is 6.54 Å². The van der Waals surface area contributed by atoms with E-state index in [-0.39, 0.29) is 6.04 Å². The van der Waals surface area contributed by atoms with Crippen LogP contribution in [0.2, 0.25) is 5.02 Å². The zero-order valence-electron chi connectivity index (χ0n) is 12.1. The molecular weight excluding hydrogens is 336 g/mol. The first-order chi connectivity index (χ1) is 9.65. The number of likely N-dealkylation sites (tertiary alicyclic amines) is 1. The zero-order valence-corrected chi connectivity index (χ0v) is 14.5. The van der Waals surface area contributed by atoms with Crippen LogP contribution in [-0.4, -0.2) is 24.5 Å². The minimum absolute atomic E-state index is 0.269. The molecule has 0 radical (unpaired) electrons. The first kappa shape index (κ1) is 16.3. The van der Waals surface area contributed by atoms with Gasteiger partial charge in [-0.3, -0.25) is 4.90 Å². The summed E-state index contributed by atoms with van der Waals surface area (Å²) in [4.78, 5) is 2.52. The number of rotatable bonds is 5. The Bertz CT molecular complexity index is 430. The van der Waals surface area contributed by atoms with Crippen molar-refractivity contribution in [2.24, 2.45) is 11.7 Å². The normalized spacial score (nSPS) is 19.2. The van der Waals surface area contributed by atoms with Crippen LogP contribution in [0.15, 0.2) is 22.7 Å². The van der Waals surface area contributed by atoms with Gasteiger partial charge in [-0.05, 0) is 55.6 Å². The Morgan fingerprint density at radius 2 is 2.10 bits per heavy atom. The van der Waals surface area contributed by atoms with Crippen molar-refractivity contribution in [3.05, 3.63) is 33.3 Å². The fourth-order valence-electron chi connectivity index (χ4n) is 3.20. The molecule has 0 spiro atoms. The van der Waals surface area contributed by atoms with Crippen molar-refractivity contribution in [2.45, 2.75) is 38.6 Å². The van der Waals surface area contributed by atoms with Gasteiger partial charge in [0.05, 0.1) is 0 Å². The van der Waals surface area contributed by atoms with Gasteiger partial charge in [0.15, 0.2) is 0 Å². The van der Waals surface area contributed by atoms with Crippen LogP contribution < -0.4 is 5.73 Å². The molecule has 1 aliphatic heterocycles. The Hall–Kier alpha value is -0.0900. The molecule has 2 rings (SSSR count). The lowest BCUT2D eigenvalue weighted by atomic mass is 9.91. The fourth-order valence-corrected chi connectivity index (χ4v) is 3.90. The third kappa shape index (κ3) is 3.97. The van der Waals surface area contributed by atoms with E-state index in [9.17, 15) is 0 Å². The van der Waals surface area contributed by atoms with Crippen LogP contribution >= 0.6 is 27.5 Å². The predicted octanol–water partition coefficient (Wildman–Crippen LogP) is 4.61. The van der Waals surface area contributed by atoms with E-state index in [1.54, 1.807) is 0 Å². The average molecular weight is 360 g/mol. The Morgan fingerprint density at radius 1 is 1.40 bits per heavy atom. The summed E-state index contributed by atoms with van der Waals surface area (Å²) < 4.78 is 1.10. The highest BCUT2D eigenvalue weighted by atomic mass is 79.9. The number of halogens is 2. The van der Waals surface area contributed by atoms with Gasteiger partial charge in [0, 0.05) is 22.1 Å². The van der Waals surface area contributed by atoms with Crippen molar-refractivity contribution >= 4 is 27.5 Å². The largest absolute Gasteiger partial charge is 0.329 e. The molecule has 2 nitrogen and oxygen atoms in total. The maximum Gasteiger partial charge on any atom is 0.0482 e. The topological polar surface area (TPSA) is 29.3 Å². The molecule has 0 bridgehead atoms. The lowest BCUT2D eigenvalue weighted by Gasteiger charge is -2.37. The first-order valence-electron chi connectivity index (χ1n) is 7.54. The smallest absolute Gasteiger partial charge is 0.0482 e. The quantitative estimate of drug-likeness (QED) is 0.831. The van der Waals surface area contributed by atoms with Crippen LogP contribution in [0.4, 0.5) is 0 Å². The Morgan fingerprint density at radius 3 is 2.70 bits per heavy atom. The summed E-state index contributed by atoms with van der Waals surface area (Å²) in [7, 11) is 0. The minimum atomic E-state index is 0.269. The summed E-state index contributed by atoms with van der Waals surface area (Å²) in [5.41, 5.74) is 7.26. The molecule has 1 fully saturated rings. The second kappa shape index (κ2) is 7.79. The lowest BCUT2D eigenvalue weighted by molar-refractivity contribution is 0.131. The van der Waals surface area contributed by atoms with Gasteiger partial charge in [0.2, 0.25) is 0 Å². The summed E-state index contributed by atoms with van der Waals surface area (Å²) >= 11 is 9.78. The SMILES string of the molecule is CCCC1CCN(C(CN)c2cc(Cl)ccc2Br)CC1. The molecule has 1 aromatic rings. The number of piperidine rings is 1. The van der Waals surface area contributed by atoms with Gasteiger partial charge in [0.1, 0.15) is 0 Å². The molecule has 0 saturated carbocycles. The number of benzene rings is 1. The molecule has 2 N–H and O–H groups in total. The molecule has 1 unspecified atom stereocenters. The van der Waals surface area contributed by atoms with E-state index in [2.05, 4.69) is 27.8 Å². The van der Waals surface area contributed by atoms with Gasteiger partial charge in [-0.25, -0.2) is 0 Å². The van der Waals surface area contributed by atoms with Crippen molar-refractivity contribution in [1.29, 1.82) is 0 Å². The number of hydrogen-bond acceptors (Lipinski definition) is 2. The van der Waals surface area contributed by atoms with Crippen LogP contribution in [-0.2, 0) is 0 Å². The Labute approximate surface area is 135 Å². The molecule has 0 aliphatic carbocycles. The van der Waals surface area contributed by atoms with Crippen molar-refractivity contribution in [1.82, 2.24) is 4.90 Å². The maximum atomic E-state index is 6.14. The summed E-state index contributed by atoms with van der Waals surface area (Å²) in [6.07, 6.45) is 5.25. The van der Waals surface area contributed by atoms with Crippen LogP contribution in [0.3, 0.4) is 0 Å². The van der Waals surface area contributed by atoms with Crippen molar-refractivity contribution < 1.29 is 0 Å². The third-order valence-electron chi connectivity index (χ3n) is 4.33. The molecule has 1 aromatic carbocycles. The van der Waals surface area contributed by atoms with E-state index in [4.69, 9.17) is 17.3 Å². The van der Waals surface area contributed by atoms with Gasteiger partial charge in [-0.15, -0.1) is 0 Å². The Balaban J connectivity index is 2.07. The highest BCUT2D eigenvalue weighted by Gasteiger charge is 2.26.